The van der Waals surface area contributed by atoms with Gasteiger partial charge in [0.15, 0.2) is 0 Å². The largest absolute Gasteiger partial charge is 0.300 e. The van der Waals surface area contributed by atoms with Gasteiger partial charge in [0.05, 0.1) is 0 Å². The third kappa shape index (κ3) is 5.50. The maximum atomic E-state index is 10.5. The van der Waals surface area contributed by atoms with Crippen LogP contribution >= 0.6 is 11.6 Å². The molecule has 0 aliphatic carbocycles. The fraction of sp³-hybridized carbons (Fsp3) is 0.667. The Labute approximate surface area is 59.2 Å². The first-order valence-electron chi connectivity index (χ1n) is 2.86. The molecule has 0 aromatic carbocycles. The molecule has 52 valence electrons. The quantitative estimate of drug-likeness (QED) is 0.567. The first kappa shape index (κ1) is 8.63. The van der Waals surface area contributed by atoms with Gasteiger partial charge in [-0.05, 0) is 11.6 Å². The van der Waals surface area contributed by atoms with Crippen LogP contribution in [0.1, 0.15) is 26.2 Å². The van der Waals surface area contributed by atoms with Crippen LogP contribution in [0.4, 0.5) is 0 Å². The summed E-state index contributed by atoms with van der Waals surface area (Å²) in [6.45, 7) is 1.76. The standard InChI is InChI=1S/C6H9ClO2/c1-2-5(8)3-4-6(7)9/h2-4H2,1H3. The zero-order chi connectivity index (χ0) is 7.28. The molecule has 0 heterocycles. The molecule has 3 heteroatoms. The van der Waals surface area contributed by atoms with Gasteiger partial charge in [-0.25, -0.2) is 0 Å². The van der Waals surface area contributed by atoms with Crippen LogP contribution < -0.4 is 0 Å². The highest BCUT2D eigenvalue weighted by Crippen LogP contribution is 1.97. The molecule has 0 amide bonds. The van der Waals surface area contributed by atoms with Crippen molar-refractivity contribution >= 4 is 22.6 Å². The molecule has 0 saturated carbocycles. The molecule has 0 bridgehead atoms. The maximum absolute atomic E-state index is 10.5. The molecule has 0 unspecified atom stereocenters. The van der Waals surface area contributed by atoms with E-state index in [1.807, 2.05) is 0 Å². The van der Waals surface area contributed by atoms with Gasteiger partial charge in [-0.2, -0.15) is 0 Å². The van der Waals surface area contributed by atoms with E-state index in [-0.39, 0.29) is 12.2 Å². The minimum atomic E-state index is -0.434. The van der Waals surface area contributed by atoms with Crippen LogP contribution in [-0.4, -0.2) is 11.0 Å². The van der Waals surface area contributed by atoms with E-state index in [9.17, 15) is 9.59 Å². The molecule has 0 aliphatic rings. The summed E-state index contributed by atoms with van der Waals surface area (Å²) in [6, 6.07) is 0. The average Bonchev–Trinajstić information content (AvgIpc) is 1.83. The lowest BCUT2D eigenvalue weighted by Gasteiger charge is -1.89. The average molecular weight is 149 g/mol. The molecule has 0 aromatic heterocycles. The van der Waals surface area contributed by atoms with E-state index in [1.165, 1.54) is 0 Å². The van der Waals surface area contributed by atoms with Crippen LogP contribution in [-0.2, 0) is 9.59 Å². The molecule has 0 saturated heterocycles. The topological polar surface area (TPSA) is 34.1 Å². The molecular weight excluding hydrogens is 140 g/mol. The van der Waals surface area contributed by atoms with Gasteiger partial charge in [0.25, 0.3) is 0 Å². The summed E-state index contributed by atoms with van der Waals surface area (Å²) in [5, 5.41) is -0.434. The van der Waals surface area contributed by atoms with Crippen molar-refractivity contribution < 1.29 is 9.59 Å². The Morgan fingerprint density at radius 3 is 2.22 bits per heavy atom. The van der Waals surface area contributed by atoms with E-state index in [1.54, 1.807) is 6.92 Å². The highest BCUT2D eigenvalue weighted by molar-refractivity contribution is 6.63. The first-order chi connectivity index (χ1) is 4.16. The summed E-state index contributed by atoms with van der Waals surface area (Å²) >= 11 is 4.99. The van der Waals surface area contributed by atoms with Crippen molar-refractivity contribution in [2.24, 2.45) is 0 Å². The predicted molar refractivity (Wildman–Crippen MR) is 35.4 cm³/mol. The minimum Gasteiger partial charge on any atom is -0.300 e. The molecule has 0 rings (SSSR count). The van der Waals surface area contributed by atoms with Crippen molar-refractivity contribution in [1.29, 1.82) is 0 Å². The number of Topliss-reactive ketones (excluding diaryl/α,β-unsaturated/α-hetero) is 1. The summed E-state index contributed by atoms with van der Waals surface area (Å²) < 4.78 is 0. The van der Waals surface area contributed by atoms with Crippen molar-refractivity contribution in [3.8, 4) is 0 Å². The fourth-order valence-corrected chi connectivity index (χ4v) is 0.509. The Bertz CT molecular complexity index is 120. The second-order valence-electron chi connectivity index (χ2n) is 1.75. The lowest BCUT2D eigenvalue weighted by molar-refractivity contribution is -0.121. The molecule has 0 aromatic rings. The molecular formula is C6H9ClO2. The molecule has 0 fully saturated rings. The van der Waals surface area contributed by atoms with Crippen molar-refractivity contribution in [1.82, 2.24) is 0 Å². The summed E-state index contributed by atoms with van der Waals surface area (Å²) in [6.07, 6.45) is 0.956. The summed E-state index contributed by atoms with van der Waals surface area (Å²) in [4.78, 5) is 20.6. The second-order valence-corrected chi connectivity index (χ2v) is 2.17. The van der Waals surface area contributed by atoms with Crippen LogP contribution in [0.2, 0.25) is 0 Å². The van der Waals surface area contributed by atoms with Crippen LogP contribution in [0, 0.1) is 0 Å². The Kier molecular flexibility index (Phi) is 4.32. The van der Waals surface area contributed by atoms with Gasteiger partial charge >= 0.3 is 0 Å². The van der Waals surface area contributed by atoms with Crippen LogP contribution in [0.3, 0.4) is 0 Å². The molecule has 0 radical (unpaired) electrons. The van der Waals surface area contributed by atoms with Crippen LogP contribution in [0.25, 0.3) is 0 Å². The van der Waals surface area contributed by atoms with E-state index >= 15 is 0 Å². The highest BCUT2D eigenvalue weighted by Gasteiger charge is 2.00. The third-order valence-corrected chi connectivity index (χ3v) is 1.18. The van der Waals surface area contributed by atoms with Gasteiger partial charge in [-0.3, -0.25) is 9.59 Å². The molecule has 0 spiro atoms. The zero-order valence-corrected chi connectivity index (χ0v) is 6.07. The number of carbonyl (C=O) groups is 2. The van der Waals surface area contributed by atoms with Crippen molar-refractivity contribution in [3.05, 3.63) is 0 Å². The van der Waals surface area contributed by atoms with Crippen LogP contribution in [0.15, 0.2) is 0 Å². The van der Waals surface area contributed by atoms with Gasteiger partial charge in [0, 0.05) is 19.3 Å². The molecule has 9 heavy (non-hydrogen) atoms. The van der Waals surface area contributed by atoms with E-state index in [4.69, 9.17) is 11.6 Å². The van der Waals surface area contributed by atoms with Gasteiger partial charge < -0.3 is 0 Å². The predicted octanol–water partition coefficient (Wildman–Crippen LogP) is 1.51. The van der Waals surface area contributed by atoms with Gasteiger partial charge in [-0.15, -0.1) is 0 Å². The molecule has 0 atom stereocenters. The smallest absolute Gasteiger partial charge is 0.222 e. The third-order valence-electron chi connectivity index (χ3n) is 0.995. The molecule has 0 aliphatic heterocycles. The van der Waals surface area contributed by atoms with E-state index in [2.05, 4.69) is 0 Å². The number of rotatable bonds is 4. The number of hydrogen-bond acceptors (Lipinski definition) is 2. The fourth-order valence-electron chi connectivity index (χ4n) is 0.414. The Hall–Kier alpha value is -0.370. The van der Waals surface area contributed by atoms with Gasteiger partial charge in [0.2, 0.25) is 5.24 Å². The number of carbonyl (C=O) groups excluding carboxylic acids is 2. The summed E-state index contributed by atoms with van der Waals surface area (Å²) in [5.41, 5.74) is 0. The van der Waals surface area contributed by atoms with Crippen molar-refractivity contribution in [3.63, 3.8) is 0 Å². The van der Waals surface area contributed by atoms with Crippen LogP contribution in [0.5, 0.6) is 0 Å². The van der Waals surface area contributed by atoms with Gasteiger partial charge in [-0.1, -0.05) is 6.92 Å². The zero-order valence-electron chi connectivity index (χ0n) is 5.32. The molecule has 0 N–H and O–H groups in total. The minimum absolute atomic E-state index is 0.0870. The number of ketones is 1. The molecule has 2 nitrogen and oxygen atoms in total. The SMILES string of the molecule is CCC(=O)CCC(=O)Cl. The van der Waals surface area contributed by atoms with E-state index in [0.29, 0.717) is 12.8 Å². The highest BCUT2D eigenvalue weighted by atomic mass is 35.5. The summed E-state index contributed by atoms with van der Waals surface area (Å²) in [5.74, 6) is 0.0870. The lowest BCUT2D eigenvalue weighted by Crippen LogP contribution is -1.97. The normalized spacial score (nSPS) is 9.11. The summed E-state index contributed by atoms with van der Waals surface area (Å²) in [7, 11) is 0. The maximum Gasteiger partial charge on any atom is 0.222 e. The first-order valence-corrected chi connectivity index (χ1v) is 3.24. The second kappa shape index (κ2) is 4.50. The van der Waals surface area contributed by atoms with Gasteiger partial charge in [0.1, 0.15) is 5.78 Å². The van der Waals surface area contributed by atoms with Crippen molar-refractivity contribution in [2.75, 3.05) is 0 Å². The van der Waals surface area contributed by atoms with Crippen molar-refractivity contribution in [2.45, 2.75) is 26.2 Å². The Morgan fingerprint density at radius 2 is 1.89 bits per heavy atom. The van der Waals surface area contributed by atoms with E-state index < -0.39 is 5.24 Å². The number of hydrogen-bond donors (Lipinski definition) is 0. The Balaban J connectivity index is 3.28. The van der Waals surface area contributed by atoms with E-state index in [0.717, 1.165) is 0 Å². The Morgan fingerprint density at radius 1 is 1.33 bits per heavy atom. The monoisotopic (exact) mass is 148 g/mol. The lowest BCUT2D eigenvalue weighted by atomic mass is 10.2. The number of halogens is 1.